The molecule has 0 heterocycles. The lowest BCUT2D eigenvalue weighted by molar-refractivity contribution is -0.385. The Hall–Kier alpha value is -1.78. The quantitative estimate of drug-likeness (QED) is 0.577. The summed E-state index contributed by atoms with van der Waals surface area (Å²) in [6, 6.07) is 2.64. The summed E-state index contributed by atoms with van der Waals surface area (Å²) in [5.74, 6) is 0.0538. The van der Waals surface area contributed by atoms with Crippen LogP contribution >= 0.6 is 0 Å². The molecule has 0 amide bonds. The van der Waals surface area contributed by atoms with E-state index in [1.807, 2.05) is 0 Å². The van der Waals surface area contributed by atoms with E-state index in [1.165, 1.54) is 12.1 Å². The Morgan fingerprint density at radius 2 is 2.00 bits per heavy atom. The predicted molar refractivity (Wildman–Crippen MR) is 53.8 cm³/mol. The average Bonchev–Trinajstić information content (AvgIpc) is 2.02. The second kappa shape index (κ2) is 3.53. The Balaban J connectivity index is 3.41. The number of nitro groups is 1. The molecule has 5 heteroatoms. The number of hydrogen-bond donors (Lipinski definition) is 1. The molecule has 14 heavy (non-hydrogen) atoms. The molecule has 1 N–H and O–H groups in total. The van der Waals surface area contributed by atoms with Gasteiger partial charge in [0.25, 0.3) is 5.69 Å². The Morgan fingerprint density at radius 3 is 2.43 bits per heavy atom. The molecule has 0 atom stereocenters. The first kappa shape index (κ1) is 10.3. The monoisotopic (exact) mass is 196 g/mol. The highest BCUT2D eigenvalue weighted by Crippen LogP contribution is 2.35. The van der Waals surface area contributed by atoms with Gasteiger partial charge in [-0.1, -0.05) is 0 Å². The third-order valence-corrected chi connectivity index (χ3v) is 2.03. The summed E-state index contributed by atoms with van der Waals surface area (Å²) in [6.07, 6.45) is 0. The molecule has 0 unspecified atom stereocenters. The van der Waals surface area contributed by atoms with E-state index in [2.05, 4.69) is 0 Å². The van der Waals surface area contributed by atoms with Crippen LogP contribution in [0.3, 0.4) is 0 Å². The van der Waals surface area contributed by atoms with E-state index in [-0.39, 0.29) is 11.4 Å². The van der Waals surface area contributed by atoms with Gasteiger partial charge in [-0.05, 0) is 13.0 Å². The van der Waals surface area contributed by atoms with Gasteiger partial charge >= 0.3 is 0 Å². The average molecular weight is 196 g/mol. The van der Waals surface area contributed by atoms with Crippen LogP contribution in [0, 0.1) is 17.0 Å². The van der Waals surface area contributed by atoms with Crippen molar-refractivity contribution in [2.24, 2.45) is 0 Å². The van der Waals surface area contributed by atoms with E-state index >= 15 is 0 Å². The lowest BCUT2D eigenvalue weighted by Crippen LogP contribution is -2.11. The minimum atomic E-state index is -0.457. The van der Waals surface area contributed by atoms with Gasteiger partial charge < -0.3 is 10.0 Å². The van der Waals surface area contributed by atoms with Gasteiger partial charge in [0.05, 0.1) is 16.2 Å². The summed E-state index contributed by atoms with van der Waals surface area (Å²) in [4.78, 5) is 11.8. The van der Waals surface area contributed by atoms with Crippen LogP contribution in [0.1, 0.15) is 5.56 Å². The highest BCUT2D eigenvalue weighted by molar-refractivity contribution is 5.68. The topological polar surface area (TPSA) is 66.6 Å². The molecule has 1 rings (SSSR count). The molecule has 0 aliphatic carbocycles. The first-order valence-corrected chi connectivity index (χ1v) is 4.09. The predicted octanol–water partition coefficient (Wildman–Crippen LogP) is 1.67. The number of aromatic hydroxyl groups is 1. The SMILES string of the molecule is Cc1c([N+](=O)[O-])ccc(O)c1N(C)C. The number of benzene rings is 1. The van der Waals surface area contributed by atoms with E-state index in [9.17, 15) is 15.2 Å². The third kappa shape index (κ3) is 1.61. The molecule has 0 fully saturated rings. The molecule has 0 spiro atoms. The summed E-state index contributed by atoms with van der Waals surface area (Å²) in [7, 11) is 3.46. The molecule has 0 aliphatic rings. The molecule has 1 aromatic rings. The number of anilines is 1. The molecule has 76 valence electrons. The molecule has 0 saturated carbocycles. The van der Waals surface area contributed by atoms with Crippen molar-refractivity contribution in [1.29, 1.82) is 0 Å². The minimum Gasteiger partial charge on any atom is -0.506 e. The van der Waals surface area contributed by atoms with Crippen molar-refractivity contribution in [2.45, 2.75) is 6.92 Å². The molecule has 1 aromatic carbocycles. The fourth-order valence-corrected chi connectivity index (χ4v) is 1.44. The zero-order valence-electron chi connectivity index (χ0n) is 8.31. The Labute approximate surface area is 81.7 Å². The van der Waals surface area contributed by atoms with Crippen LogP contribution < -0.4 is 4.90 Å². The van der Waals surface area contributed by atoms with E-state index in [0.717, 1.165) is 0 Å². The maximum atomic E-state index is 10.6. The van der Waals surface area contributed by atoms with Crippen LogP contribution in [0.25, 0.3) is 0 Å². The van der Waals surface area contributed by atoms with Gasteiger partial charge in [-0.25, -0.2) is 0 Å². The largest absolute Gasteiger partial charge is 0.506 e. The van der Waals surface area contributed by atoms with Gasteiger partial charge in [0.15, 0.2) is 0 Å². The van der Waals surface area contributed by atoms with E-state index in [0.29, 0.717) is 11.3 Å². The van der Waals surface area contributed by atoms with Crippen molar-refractivity contribution in [3.8, 4) is 5.75 Å². The van der Waals surface area contributed by atoms with Gasteiger partial charge in [-0.2, -0.15) is 0 Å². The fraction of sp³-hybridized carbons (Fsp3) is 0.333. The second-order valence-corrected chi connectivity index (χ2v) is 3.23. The van der Waals surface area contributed by atoms with Crippen molar-refractivity contribution in [3.63, 3.8) is 0 Å². The summed E-state index contributed by atoms with van der Waals surface area (Å²) in [5.41, 5.74) is 0.978. The van der Waals surface area contributed by atoms with Crippen molar-refractivity contribution < 1.29 is 10.0 Å². The molecule has 5 nitrogen and oxygen atoms in total. The van der Waals surface area contributed by atoms with E-state index < -0.39 is 4.92 Å². The number of hydrogen-bond acceptors (Lipinski definition) is 4. The maximum absolute atomic E-state index is 10.6. The highest BCUT2D eigenvalue weighted by Gasteiger charge is 2.17. The first-order valence-electron chi connectivity index (χ1n) is 4.09. The normalized spacial score (nSPS) is 9.93. The number of nitro benzene ring substituents is 1. The van der Waals surface area contributed by atoms with Gasteiger partial charge in [0.2, 0.25) is 0 Å². The molecule has 0 aliphatic heterocycles. The van der Waals surface area contributed by atoms with Gasteiger partial charge in [-0.3, -0.25) is 10.1 Å². The third-order valence-electron chi connectivity index (χ3n) is 2.03. The molecule has 0 aromatic heterocycles. The lowest BCUT2D eigenvalue weighted by Gasteiger charge is -2.16. The minimum absolute atomic E-state index is 0.0199. The molecular weight excluding hydrogens is 184 g/mol. The number of phenolic OH excluding ortho intramolecular Hbond substituents is 1. The Morgan fingerprint density at radius 1 is 1.43 bits per heavy atom. The zero-order chi connectivity index (χ0) is 10.9. The standard InChI is InChI=1S/C9H12N2O3/c1-6-7(11(13)14)4-5-8(12)9(6)10(2)3/h4-5,12H,1-3H3. The van der Waals surface area contributed by atoms with Gasteiger partial charge in [0.1, 0.15) is 5.75 Å². The number of rotatable bonds is 2. The van der Waals surface area contributed by atoms with Crippen LogP contribution in [0.5, 0.6) is 5.75 Å². The van der Waals surface area contributed by atoms with Gasteiger partial charge in [0, 0.05) is 20.2 Å². The van der Waals surface area contributed by atoms with Crippen molar-refractivity contribution in [1.82, 2.24) is 0 Å². The highest BCUT2D eigenvalue weighted by atomic mass is 16.6. The molecular formula is C9H12N2O3. The Bertz CT molecular complexity index is 375. The molecule has 0 bridgehead atoms. The number of phenols is 1. The first-order chi connectivity index (χ1) is 6.45. The summed E-state index contributed by atoms with van der Waals surface area (Å²) < 4.78 is 0. The van der Waals surface area contributed by atoms with Crippen LogP contribution in [0.2, 0.25) is 0 Å². The van der Waals surface area contributed by atoms with E-state index in [1.54, 1.807) is 25.9 Å². The summed E-state index contributed by atoms with van der Waals surface area (Å²) in [6.45, 7) is 1.62. The van der Waals surface area contributed by atoms with E-state index in [4.69, 9.17) is 0 Å². The smallest absolute Gasteiger partial charge is 0.274 e. The molecule has 0 saturated heterocycles. The van der Waals surface area contributed by atoms with Crippen molar-refractivity contribution in [2.75, 3.05) is 19.0 Å². The lowest BCUT2D eigenvalue weighted by atomic mass is 10.1. The fourth-order valence-electron chi connectivity index (χ4n) is 1.44. The van der Waals surface area contributed by atoms with Gasteiger partial charge in [-0.15, -0.1) is 0 Å². The molecule has 0 radical (unpaired) electrons. The van der Waals surface area contributed by atoms with Crippen LogP contribution in [-0.2, 0) is 0 Å². The number of nitrogens with zero attached hydrogens (tertiary/aromatic N) is 2. The van der Waals surface area contributed by atoms with Crippen molar-refractivity contribution >= 4 is 11.4 Å². The summed E-state index contributed by atoms with van der Waals surface area (Å²) >= 11 is 0. The van der Waals surface area contributed by atoms with Crippen molar-refractivity contribution in [3.05, 3.63) is 27.8 Å². The second-order valence-electron chi connectivity index (χ2n) is 3.23. The zero-order valence-corrected chi connectivity index (χ0v) is 8.31. The van der Waals surface area contributed by atoms with Crippen LogP contribution in [0.4, 0.5) is 11.4 Å². The van der Waals surface area contributed by atoms with Crippen LogP contribution in [0.15, 0.2) is 12.1 Å². The summed E-state index contributed by atoms with van der Waals surface area (Å²) in [5, 5.41) is 20.1. The maximum Gasteiger partial charge on any atom is 0.274 e. The Kier molecular flexibility index (Phi) is 2.60. The van der Waals surface area contributed by atoms with Crippen LogP contribution in [-0.4, -0.2) is 24.1 Å².